The number of pyridine rings is 1. The number of aromatic nitrogens is 4. The van der Waals surface area contributed by atoms with Crippen molar-refractivity contribution in [3.63, 3.8) is 0 Å². The van der Waals surface area contributed by atoms with E-state index < -0.39 is 0 Å². The van der Waals surface area contributed by atoms with E-state index in [0.717, 1.165) is 0 Å². The zero-order valence-electron chi connectivity index (χ0n) is 13.0. The van der Waals surface area contributed by atoms with E-state index in [9.17, 15) is 4.39 Å². The molecule has 0 spiro atoms. The van der Waals surface area contributed by atoms with E-state index in [1.54, 1.807) is 16.7 Å². The quantitative estimate of drug-likeness (QED) is 0.706. The topological polar surface area (TPSA) is 81.1 Å². The van der Waals surface area contributed by atoms with Crippen LogP contribution in [0.4, 0.5) is 10.2 Å². The molecule has 126 valence electrons. The molecule has 0 radical (unpaired) electrons. The third-order valence-electron chi connectivity index (χ3n) is 3.68. The van der Waals surface area contributed by atoms with Crippen molar-refractivity contribution in [3.8, 4) is 11.5 Å². The maximum Gasteiger partial charge on any atom is 0.180 e. The highest BCUT2D eigenvalue weighted by molar-refractivity contribution is 6.32. The second kappa shape index (κ2) is 7.55. The number of hydrogen-bond acceptors (Lipinski definition) is 5. The van der Waals surface area contributed by atoms with Gasteiger partial charge in [0.2, 0.25) is 0 Å². The Balaban J connectivity index is 0.000000238. The van der Waals surface area contributed by atoms with Crippen molar-refractivity contribution in [2.45, 2.75) is 19.3 Å². The number of fused-ring (bicyclic) bond motifs is 1. The van der Waals surface area contributed by atoms with Crippen LogP contribution in [0.25, 0.3) is 17.2 Å². The van der Waals surface area contributed by atoms with Gasteiger partial charge in [0.25, 0.3) is 0 Å². The highest BCUT2D eigenvalue weighted by Crippen LogP contribution is 2.21. The van der Waals surface area contributed by atoms with Crippen LogP contribution in [0, 0.1) is 5.82 Å². The lowest BCUT2D eigenvalue weighted by atomic mass is 10.2. The fourth-order valence-electron chi connectivity index (χ4n) is 2.43. The third kappa shape index (κ3) is 3.80. The predicted molar refractivity (Wildman–Crippen MR) is 92.3 cm³/mol. The van der Waals surface area contributed by atoms with Crippen molar-refractivity contribution in [2.24, 2.45) is 0 Å². The Bertz CT molecular complexity index is 819. The van der Waals surface area contributed by atoms with E-state index in [0.29, 0.717) is 17.2 Å². The number of halogens is 2. The number of nitrogen functional groups attached to an aromatic ring is 1. The molecular formula is C16H18ClFN6. The number of nitrogens with two attached hydrogens (primary N) is 1. The van der Waals surface area contributed by atoms with Gasteiger partial charge in [0, 0.05) is 6.20 Å². The summed E-state index contributed by atoms with van der Waals surface area (Å²) in [6.45, 7) is 2.50. The molecule has 3 aromatic rings. The Morgan fingerprint density at radius 2 is 1.92 bits per heavy atom. The molecule has 1 fully saturated rings. The number of nitrogens with zero attached hydrogens (tertiary/aromatic N) is 4. The van der Waals surface area contributed by atoms with E-state index in [-0.39, 0.29) is 16.7 Å². The highest BCUT2D eigenvalue weighted by Gasteiger charge is 2.10. The molecule has 0 saturated carbocycles. The second-order valence-corrected chi connectivity index (χ2v) is 5.86. The molecule has 0 amide bonds. The third-order valence-corrected chi connectivity index (χ3v) is 3.97. The van der Waals surface area contributed by atoms with Gasteiger partial charge in [0.15, 0.2) is 5.82 Å². The van der Waals surface area contributed by atoms with Gasteiger partial charge in [-0.1, -0.05) is 18.0 Å². The van der Waals surface area contributed by atoms with Crippen LogP contribution in [0.1, 0.15) is 19.3 Å². The first kappa shape index (κ1) is 16.6. The zero-order valence-corrected chi connectivity index (χ0v) is 13.8. The summed E-state index contributed by atoms with van der Waals surface area (Å²) in [6.07, 6.45) is 8.48. The standard InChI is InChI=1S/C11H7ClFN5.C5H11N/c12-7-3-16-11(17-10(7)14)8-4-15-9-2-1-6(13)5-18(8)9;1-2-4-6-5-3-1/h1-5H,(H2,14,16,17);6H,1-5H2. The van der Waals surface area contributed by atoms with Gasteiger partial charge >= 0.3 is 0 Å². The van der Waals surface area contributed by atoms with Crippen molar-refractivity contribution in [2.75, 3.05) is 18.8 Å². The Morgan fingerprint density at radius 1 is 1.12 bits per heavy atom. The summed E-state index contributed by atoms with van der Waals surface area (Å²) in [5.74, 6) is 0.145. The van der Waals surface area contributed by atoms with Crippen LogP contribution in [0.15, 0.2) is 30.7 Å². The summed E-state index contributed by atoms with van der Waals surface area (Å²) in [7, 11) is 0. The van der Waals surface area contributed by atoms with Gasteiger partial charge < -0.3 is 11.1 Å². The monoisotopic (exact) mass is 348 g/mol. The molecule has 0 bridgehead atoms. The maximum atomic E-state index is 13.2. The van der Waals surface area contributed by atoms with Gasteiger partial charge in [-0.15, -0.1) is 0 Å². The van der Waals surface area contributed by atoms with Crippen LogP contribution in [-0.4, -0.2) is 32.4 Å². The molecule has 3 N–H and O–H groups in total. The highest BCUT2D eigenvalue weighted by atomic mass is 35.5. The van der Waals surface area contributed by atoms with Crippen LogP contribution >= 0.6 is 11.6 Å². The molecule has 24 heavy (non-hydrogen) atoms. The van der Waals surface area contributed by atoms with Crippen LogP contribution < -0.4 is 11.1 Å². The molecule has 3 aromatic heterocycles. The first-order valence-corrected chi connectivity index (χ1v) is 8.14. The van der Waals surface area contributed by atoms with E-state index >= 15 is 0 Å². The van der Waals surface area contributed by atoms with Crippen LogP contribution in [-0.2, 0) is 0 Å². The van der Waals surface area contributed by atoms with E-state index in [2.05, 4.69) is 20.3 Å². The summed E-state index contributed by atoms with van der Waals surface area (Å²) >= 11 is 5.75. The maximum absolute atomic E-state index is 13.2. The van der Waals surface area contributed by atoms with E-state index in [1.807, 2.05) is 0 Å². The van der Waals surface area contributed by atoms with Gasteiger partial charge in [-0.25, -0.2) is 19.3 Å². The first-order chi connectivity index (χ1) is 11.6. The van der Waals surface area contributed by atoms with Crippen LogP contribution in [0.2, 0.25) is 5.02 Å². The first-order valence-electron chi connectivity index (χ1n) is 7.77. The predicted octanol–water partition coefficient (Wildman–Crippen LogP) is 2.93. The van der Waals surface area contributed by atoms with Gasteiger partial charge in [0.05, 0.1) is 12.4 Å². The summed E-state index contributed by atoms with van der Waals surface area (Å²) in [6, 6.07) is 2.90. The van der Waals surface area contributed by atoms with Crippen molar-refractivity contribution in [3.05, 3.63) is 41.6 Å². The molecule has 4 heterocycles. The second-order valence-electron chi connectivity index (χ2n) is 5.46. The fourth-order valence-corrected chi connectivity index (χ4v) is 2.52. The smallest absolute Gasteiger partial charge is 0.180 e. The lowest BCUT2D eigenvalue weighted by molar-refractivity contribution is 0.520. The summed E-state index contributed by atoms with van der Waals surface area (Å²) in [5.41, 5.74) is 6.76. The van der Waals surface area contributed by atoms with Crippen molar-refractivity contribution >= 4 is 23.1 Å². The summed E-state index contributed by atoms with van der Waals surface area (Å²) in [5, 5.41) is 3.56. The number of imidazole rings is 1. The Kier molecular flexibility index (Phi) is 5.22. The minimum Gasteiger partial charge on any atom is -0.382 e. The summed E-state index contributed by atoms with van der Waals surface area (Å²) < 4.78 is 14.8. The lowest BCUT2D eigenvalue weighted by Crippen LogP contribution is -2.21. The largest absolute Gasteiger partial charge is 0.382 e. The Hall–Kier alpha value is -2.25. The normalized spacial score (nSPS) is 14.2. The van der Waals surface area contributed by atoms with Gasteiger partial charge in [0.1, 0.15) is 28.0 Å². The Morgan fingerprint density at radius 3 is 2.54 bits per heavy atom. The average Bonchev–Trinajstić information content (AvgIpc) is 3.02. The minimum absolute atomic E-state index is 0.174. The average molecular weight is 349 g/mol. The van der Waals surface area contributed by atoms with Crippen LogP contribution in [0.3, 0.4) is 0 Å². The summed E-state index contributed by atoms with van der Waals surface area (Å²) in [4.78, 5) is 12.2. The molecule has 1 aliphatic rings. The van der Waals surface area contributed by atoms with Crippen molar-refractivity contribution in [1.29, 1.82) is 0 Å². The molecule has 0 aromatic carbocycles. The number of piperidine rings is 1. The molecule has 1 aliphatic heterocycles. The fraction of sp³-hybridized carbons (Fsp3) is 0.312. The Labute approximate surface area is 143 Å². The minimum atomic E-state index is -0.372. The number of anilines is 1. The number of hydrogen-bond donors (Lipinski definition) is 2. The van der Waals surface area contributed by atoms with Gasteiger partial charge in [-0.3, -0.25) is 4.40 Å². The van der Waals surface area contributed by atoms with E-state index in [4.69, 9.17) is 17.3 Å². The molecule has 0 atom stereocenters. The number of nitrogens with one attached hydrogen (secondary N) is 1. The molecule has 0 unspecified atom stereocenters. The molecule has 8 heteroatoms. The van der Waals surface area contributed by atoms with Crippen LogP contribution in [0.5, 0.6) is 0 Å². The lowest BCUT2D eigenvalue weighted by Gasteiger charge is -2.08. The van der Waals surface area contributed by atoms with Crippen molar-refractivity contribution < 1.29 is 4.39 Å². The van der Waals surface area contributed by atoms with Gasteiger partial charge in [-0.05, 0) is 38.1 Å². The number of rotatable bonds is 1. The van der Waals surface area contributed by atoms with Crippen molar-refractivity contribution in [1.82, 2.24) is 24.7 Å². The molecule has 1 saturated heterocycles. The molecular weight excluding hydrogens is 331 g/mol. The van der Waals surface area contributed by atoms with E-state index in [1.165, 1.54) is 50.8 Å². The molecule has 6 nitrogen and oxygen atoms in total. The molecule has 0 aliphatic carbocycles. The molecule has 4 rings (SSSR count). The zero-order chi connectivity index (χ0) is 16.9. The SMILES string of the molecule is C1CCNCC1.Nc1nc(-c2cnc3ccc(F)cn23)ncc1Cl. The van der Waals surface area contributed by atoms with Gasteiger partial charge in [-0.2, -0.15) is 0 Å².